The number of allylic oxidation sites excluding steroid dienone is 1. The van der Waals surface area contributed by atoms with Crippen LogP contribution < -0.4 is 0 Å². The lowest BCUT2D eigenvalue weighted by Crippen LogP contribution is -2.44. The predicted octanol–water partition coefficient (Wildman–Crippen LogP) is 1.51. The van der Waals surface area contributed by atoms with E-state index in [0.717, 1.165) is 31.5 Å². The molecule has 3 heteroatoms. The standard InChI is InChI=1S/C12H22N2O/c1-10(2)9-12(15)14(4)11-5-7-13(3)8-6-11/h9,11H,5-8H2,1-4H3. The molecule has 1 fully saturated rings. The van der Waals surface area contributed by atoms with Crippen LogP contribution >= 0.6 is 0 Å². The van der Waals surface area contributed by atoms with Gasteiger partial charge in [-0.05, 0) is 46.8 Å². The number of carbonyl (C=O) groups is 1. The number of likely N-dealkylation sites (N-methyl/N-ethyl adjacent to an activating group) is 1. The molecule has 0 aromatic rings. The lowest BCUT2D eigenvalue weighted by molar-refractivity contribution is -0.127. The average Bonchev–Trinajstić information content (AvgIpc) is 2.17. The lowest BCUT2D eigenvalue weighted by Gasteiger charge is -2.34. The molecular formula is C12H22N2O. The molecule has 0 aromatic heterocycles. The van der Waals surface area contributed by atoms with Gasteiger partial charge in [0.25, 0.3) is 0 Å². The van der Waals surface area contributed by atoms with Crippen LogP contribution in [0.15, 0.2) is 11.6 Å². The number of carbonyl (C=O) groups excluding carboxylic acids is 1. The normalized spacial score (nSPS) is 18.7. The minimum Gasteiger partial charge on any atom is -0.339 e. The zero-order valence-electron chi connectivity index (χ0n) is 10.3. The summed E-state index contributed by atoms with van der Waals surface area (Å²) in [6, 6.07) is 0.421. The number of hydrogen-bond acceptors (Lipinski definition) is 2. The highest BCUT2D eigenvalue weighted by Crippen LogP contribution is 2.14. The fourth-order valence-electron chi connectivity index (χ4n) is 1.91. The fraction of sp³-hybridized carbons (Fsp3) is 0.750. The van der Waals surface area contributed by atoms with Crippen LogP contribution in [-0.2, 0) is 4.79 Å². The van der Waals surface area contributed by atoms with E-state index in [1.165, 1.54) is 0 Å². The van der Waals surface area contributed by atoms with Gasteiger partial charge in [0.2, 0.25) is 5.91 Å². The minimum absolute atomic E-state index is 0.143. The Balaban J connectivity index is 2.50. The Morgan fingerprint density at radius 3 is 2.33 bits per heavy atom. The first kappa shape index (κ1) is 12.2. The summed E-state index contributed by atoms with van der Waals surface area (Å²) in [6.07, 6.45) is 3.91. The van der Waals surface area contributed by atoms with Crippen molar-refractivity contribution in [1.29, 1.82) is 0 Å². The molecule has 86 valence electrons. The zero-order valence-corrected chi connectivity index (χ0v) is 10.3. The van der Waals surface area contributed by atoms with Gasteiger partial charge < -0.3 is 9.80 Å². The number of hydrogen-bond donors (Lipinski definition) is 0. The molecule has 15 heavy (non-hydrogen) atoms. The summed E-state index contributed by atoms with van der Waals surface area (Å²) in [6.45, 7) is 6.11. The molecule has 0 saturated carbocycles. The van der Waals surface area contributed by atoms with Crippen molar-refractivity contribution in [2.24, 2.45) is 0 Å². The molecule has 0 atom stereocenters. The van der Waals surface area contributed by atoms with Crippen molar-refractivity contribution >= 4 is 5.91 Å². The van der Waals surface area contributed by atoms with E-state index in [1.54, 1.807) is 6.08 Å². The SMILES string of the molecule is CC(C)=CC(=O)N(C)C1CCN(C)CC1. The molecule has 1 heterocycles. The third-order valence-electron chi connectivity index (χ3n) is 3.00. The van der Waals surface area contributed by atoms with Crippen LogP contribution in [0, 0.1) is 0 Å². The van der Waals surface area contributed by atoms with Crippen molar-refractivity contribution in [3.8, 4) is 0 Å². The summed E-state index contributed by atoms with van der Waals surface area (Å²) in [5.41, 5.74) is 1.07. The van der Waals surface area contributed by atoms with Crippen LogP contribution in [0.5, 0.6) is 0 Å². The molecule has 0 aliphatic carbocycles. The molecule has 0 radical (unpaired) electrons. The summed E-state index contributed by atoms with van der Waals surface area (Å²) in [7, 11) is 4.05. The van der Waals surface area contributed by atoms with Gasteiger partial charge in [-0.25, -0.2) is 0 Å². The summed E-state index contributed by atoms with van der Waals surface area (Å²) in [4.78, 5) is 16.0. The Morgan fingerprint density at radius 2 is 1.87 bits per heavy atom. The molecule has 0 aromatic carbocycles. The number of nitrogens with zero attached hydrogens (tertiary/aromatic N) is 2. The average molecular weight is 210 g/mol. The lowest BCUT2D eigenvalue weighted by atomic mass is 10.0. The van der Waals surface area contributed by atoms with Crippen LogP contribution in [0.2, 0.25) is 0 Å². The van der Waals surface area contributed by atoms with Crippen molar-refractivity contribution in [1.82, 2.24) is 9.80 Å². The molecule has 0 N–H and O–H groups in total. The van der Waals surface area contributed by atoms with Crippen LogP contribution in [0.1, 0.15) is 26.7 Å². The van der Waals surface area contributed by atoms with Crippen LogP contribution in [-0.4, -0.2) is 48.9 Å². The first-order chi connectivity index (χ1) is 7.00. The second-order valence-electron chi connectivity index (χ2n) is 4.71. The molecule has 3 nitrogen and oxygen atoms in total. The Morgan fingerprint density at radius 1 is 1.33 bits per heavy atom. The molecule has 1 amide bonds. The van der Waals surface area contributed by atoms with E-state index < -0.39 is 0 Å². The molecular weight excluding hydrogens is 188 g/mol. The summed E-state index contributed by atoms with van der Waals surface area (Å²) >= 11 is 0. The topological polar surface area (TPSA) is 23.6 Å². The zero-order chi connectivity index (χ0) is 11.4. The van der Waals surface area contributed by atoms with Crippen LogP contribution in [0.4, 0.5) is 0 Å². The van der Waals surface area contributed by atoms with Crippen molar-refractivity contribution in [3.05, 3.63) is 11.6 Å². The predicted molar refractivity (Wildman–Crippen MR) is 62.7 cm³/mol. The molecule has 1 saturated heterocycles. The maximum Gasteiger partial charge on any atom is 0.246 e. The van der Waals surface area contributed by atoms with Gasteiger partial charge in [0.1, 0.15) is 0 Å². The van der Waals surface area contributed by atoms with E-state index in [0.29, 0.717) is 6.04 Å². The highest BCUT2D eigenvalue weighted by atomic mass is 16.2. The van der Waals surface area contributed by atoms with E-state index in [4.69, 9.17) is 0 Å². The number of piperidine rings is 1. The Labute approximate surface area is 92.7 Å². The number of likely N-dealkylation sites (tertiary alicyclic amines) is 1. The van der Waals surface area contributed by atoms with Gasteiger partial charge in [-0.3, -0.25) is 4.79 Å². The monoisotopic (exact) mass is 210 g/mol. The Kier molecular flexibility index (Phi) is 4.33. The smallest absolute Gasteiger partial charge is 0.246 e. The van der Waals surface area contributed by atoms with E-state index in [-0.39, 0.29) is 5.91 Å². The maximum absolute atomic E-state index is 11.8. The van der Waals surface area contributed by atoms with Crippen molar-refractivity contribution < 1.29 is 4.79 Å². The highest BCUT2D eigenvalue weighted by Gasteiger charge is 2.22. The van der Waals surface area contributed by atoms with Crippen molar-refractivity contribution in [3.63, 3.8) is 0 Å². The van der Waals surface area contributed by atoms with E-state index >= 15 is 0 Å². The van der Waals surface area contributed by atoms with E-state index in [9.17, 15) is 4.79 Å². The molecule has 1 aliphatic rings. The fourth-order valence-corrected chi connectivity index (χ4v) is 1.91. The quantitative estimate of drug-likeness (QED) is 0.645. The van der Waals surface area contributed by atoms with Gasteiger partial charge in [-0.1, -0.05) is 5.57 Å². The Hall–Kier alpha value is -0.830. The molecule has 0 spiro atoms. The second kappa shape index (κ2) is 5.31. The Bertz CT molecular complexity index is 248. The van der Waals surface area contributed by atoms with Gasteiger partial charge in [-0.2, -0.15) is 0 Å². The molecule has 0 unspecified atom stereocenters. The molecule has 1 aliphatic heterocycles. The number of rotatable bonds is 2. The summed E-state index contributed by atoms with van der Waals surface area (Å²) in [5, 5.41) is 0. The van der Waals surface area contributed by atoms with Gasteiger partial charge in [0, 0.05) is 19.2 Å². The van der Waals surface area contributed by atoms with Crippen LogP contribution in [0.3, 0.4) is 0 Å². The van der Waals surface area contributed by atoms with Crippen molar-refractivity contribution in [2.45, 2.75) is 32.7 Å². The van der Waals surface area contributed by atoms with Crippen LogP contribution in [0.25, 0.3) is 0 Å². The summed E-state index contributed by atoms with van der Waals surface area (Å²) in [5.74, 6) is 0.143. The first-order valence-electron chi connectivity index (χ1n) is 5.61. The second-order valence-corrected chi connectivity index (χ2v) is 4.71. The number of amides is 1. The molecule has 1 rings (SSSR count). The van der Waals surface area contributed by atoms with Gasteiger partial charge in [0.15, 0.2) is 0 Å². The molecule has 0 bridgehead atoms. The summed E-state index contributed by atoms with van der Waals surface area (Å²) < 4.78 is 0. The van der Waals surface area contributed by atoms with Gasteiger partial charge in [0.05, 0.1) is 0 Å². The first-order valence-corrected chi connectivity index (χ1v) is 5.61. The highest BCUT2D eigenvalue weighted by molar-refractivity contribution is 5.88. The largest absolute Gasteiger partial charge is 0.339 e. The third kappa shape index (κ3) is 3.67. The minimum atomic E-state index is 0.143. The van der Waals surface area contributed by atoms with Gasteiger partial charge >= 0.3 is 0 Å². The third-order valence-corrected chi connectivity index (χ3v) is 3.00. The maximum atomic E-state index is 11.8. The van der Waals surface area contributed by atoms with E-state index in [2.05, 4.69) is 11.9 Å². The van der Waals surface area contributed by atoms with E-state index in [1.807, 2.05) is 25.8 Å². The van der Waals surface area contributed by atoms with Gasteiger partial charge in [-0.15, -0.1) is 0 Å². The van der Waals surface area contributed by atoms with Crippen molar-refractivity contribution in [2.75, 3.05) is 27.2 Å².